The number of nitrogens with zero attached hydrogens (tertiary/aromatic N) is 3. The number of aromatic nitrogens is 3. The lowest BCUT2D eigenvalue weighted by molar-refractivity contribution is 0.108. The van der Waals surface area contributed by atoms with Gasteiger partial charge in [-0.25, -0.2) is 0 Å². The first-order chi connectivity index (χ1) is 6.24. The largest absolute Gasteiger partial charge is 0.304 e. The Balaban J connectivity index is 2.84. The fraction of sp³-hybridized carbons (Fsp3) is 0.800. The molecule has 4 heteroatoms. The molecule has 1 aromatic heterocycles. The fourth-order valence-electron chi connectivity index (χ4n) is 1.01. The van der Waals surface area contributed by atoms with Gasteiger partial charge in [0, 0.05) is 6.54 Å². The quantitative estimate of drug-likeness (QED) is 0.760. The van der Waals surface area contributed by atoms with Gasteiger partial charge in [0.05, 0.1) is 0 Å². The van der Waals surface area contributed by atoms with Crippen LogP contribution in [0.5, 0.6) is 0 Å². The molecular formula is C10H18ClN3. The van der Waals surface area contributed by atoms with Gasteiger partial charge in [0.1, 0.15) is 6.33 Å². The van der Waals surface area contributed by atoms with Gasteiger partial charge < -0.3 is 4.57 Å². The summed E-state index contributed by atoms with van der Waals surface area (Å²) >= 11 is 5.89. The number of rotatable bonds is 2. The van der Waals surface area contributed by atoms with E-state index in [9.17, 15) is 0 Å². The molecule has 0 N–H and O–H groups in total. The molecule has 1 heterocycles. The van der Waals surface area contributed by atoms with Crippen molar-refractivity contribution in [2.24, 2.45) is 10.8 Å². The highest BCUT2D eigenvalue weighted by Crippen LogP contribution is 2.39. The normalized spacial score (nSPS) is 13.3. The van der Waals surface area contributed by atoms with E-state index in [0.29, 0.717) is 5.28 Å². The van der Waals surface area contributed by atoms with Crippen molar-refractivity contribution in [2.75, 3.05) is 0 Å². The summed E-state index contributed by atoms with van der Waals surface area (Å²) in [6, 6.07) is 0. The van der Waals surface area contributed by atoms with Crippen molar-refractivity contribution in [2.45, 2.75) is 41.2 Å². The van der Waals surface area contributed by atoms with Gasteiger partial charge in [0.25, 0.3) is 0 Å². The maximum absolute atomic E-state index is 5.89. The van der Waals surface area contributed by atoms with Gasteiger partial charge in [-0.1, -0.05) is 34.6 Å². The highest BCUT2D eigenvalue weighted by atomic mass is 35.5. The van der Waals surface area contributed by atoms with Crippen molar-refractivity contribution in [3.63, 3.8) is 0 Å². The molecule has 1 aromatic rings. The molecule has 0 aromatic carbocycles. The second kappa shape index (κ2) is 3.54. The van der Waals surface area contributed by atoms with Crippen LogP contribution in [0, 0.1) is 10.8 Å². The van der Waals surface area contributed by atoms with Crippen LogP contribution in [0.3, 0.4) is 0 Å². The van der Waals surface area contributed by atoms with E-state index in [1.165, 1.54) is 0 Å². The van der Waals surface area contributed by atoms with Crippen molar-refractivity contribution >= 4 is 11.6 Å². The monoisotopic (exact) mass is 215 g/mol. The Morgan fingerprint density at radius 2 is 1.86 bits per heavy atom. The predicted octanol–water partition coefficient (Wildman–Crippen LogP) is 3.00. The fourth-order valence-corrected chi connectivity index (χ4v) is 1.16. The van der Waals surface area contributed by atoms with E-state index in [4.69, 9.17) is 11.6 Å². The minimum absolute atomic E-state index is 0.152. The number of hydrogen-bond donors (Lipinski definition) is 0. The highest BCUT2D eigenvalue weighted by Gasteiger charge is 2.33. The molecule has 0 unspecified atom stereocenters. The molecule has 80 valence electrons. The van der Waals surface area contributed by atoms with Gasteiger partial charge in [-0.3, -0.25) is 0 Å². The van der Waals surface area contributed by atoms with Crippen molar-refractivity contribution in [1.82, 2.24) is 14.8 Å². The van der Waals surface area contributed by atoms with E-state index >= 15 is 0 Å². The second-order valence-electron chi connectivity index (χ2n) is 5.36. The molecule has 0 amide bonds. The summed E-state index contributed by atoms with van der Waals surface area (Å²) in [5, 5.41) is 7.99. The first-order valence-corrected chi connectivity index (χ1v) is 5.15. The van der Waals surface area contributed by atoms with Gasteiger partial charge in [0.15, 0.2) is 0 Å². The summed E-state index contributed by atoms with van der Waals surface area (Å²) in [6.07, 6.45) is 1.68. The third kappa shape index (κ3) is 2.27. The van der Waals surface area contributed by atoms with E-state index in [2.05, 4.69) is 44.8 Å². The van der Waals surface area contributed by atoms with Gasteiger partial charge in [0.2, 0.25) is 5.28 Å². The molecule has 0 atom stereocenters. The molecule has 0 fully saturated rings. The Kier molecular flexibility index (Phi) is 2.91. The molecule has 0 aliphatic carbocycles. The topological polar surface area (TPSA) is 30.7 Å². The van der Waals surface area contributed by atoms with E-state index in [-0.39, 0.29) is 10.8 Å². The molecular weight excluding hydrogens is 198 g/mol. The summed E-state index contributed by atoms with van der Waals surface area (Å²) in [6.45, 7) is 12.0. The molecule has 0 aliphatic rings. The van der Waals surface area contributed by atoms with E-state index in [1.807, 2.05) is 4.57 Å². The lowest BCUT2D eigenvalue weighted by atomic mass is 9.69. The van der Waals surface area contributed by atoms with Crippen molar-refractivity contribution in [1.29, 1.82) is 0 Å². The Hall–Kier alpha value is -0.570. The molecule has 0 spiro atoms. The molecule has 14 heavy (non-hydrogen) atoms. The van der Waals surface area contributed by atoms with Crippen LogP contribution in [0.4, 0.5) is 0 Å². The molecule has 0 saturated heterocycles. The van der Waals surface area contributed by atoms with Crippen LogP contribution >= 0.6 is 11.6 Å². The van der Waals surface area contributed by atoms with Crippen LogP contribution < -0.4 is 0 Å². The van der Waals surface area contributed by atoms with Crippen LogP contribution in [0.2, 0.25) is 5.28 Å². The van der Waals surface area contributed by atoms with Crippen molar-refractivity contribution in [3.05, 3.63) is 11.6 Å². The van der Waals surface area contributed by atoms with Gasteiger partial charge in [-0.15, -0.1) is 10.2 Å². The van der Waals surface area contributed by atoms with Gasteiger partial charge >= 0.3 is 0 Å². The maximum Gasteiger partial charge on any atom is 0.224 e. The average molecular weight is 216 g/mol. The Morgan fingerprint density at radius 3 is 2.21 bits per heavy atom. The maximum atomic E-state index is 5.89. The summed E-state index contributed by atoms with van der Waals surface area (Å²) in [7, 11) is 0. The van der Waals surface area contributed by atoms with E-state index in [1.54, 1.807) is 6.33 Å². The second-order valence-corrected chi connectivity index (χ2v) is 5.70. The van der Waals surface area contributed by atoms with Gasteiger partial charge in [-0.2, -0.15) is 0 Å². The minimum Gasteiger partial charge on any atom is -0.304 e. The van der Waals surface area contributed by atoms with Crippen molar-refractivity contribution < 1.29 is 0 Å². The van der Waals surface area contributed by atoms with Crippen molar-refractivity contribution in [3.8, 4) is 0 Å². The van der Waals surface area contributed by atoms with Crippen LogP contribution in [0.25, 0.3) is 0 Å². The minimum atomic E-state index is 0.152. The van der Waals surface area contributed by atoms with E-state index < -0.39 is 0 Å². The summed E-state index contributed by atoms with van der Waals surface area (Å²) in [5.74, 6) is 0. The first-order valence-electron chi connectivity index (χ1n) is 4.77. The van der Waals surface area contributed by atoms with Crippen LogP contribution in [-0.2, 0) is 6.54 Å². The zero-order chi connectivity index (χ0) is 11.0. The zero-order valence-electron chi connectivity index (χ0n) is 9.50. The SMILES string of the molecule is CC(C)(C)C(C)(C)Cn1cnnc1Cl. The standard InChI is InChI=1S/C10H18ClN3/c1-9(2,3)10(4,5)6-14-7-12-13-8(14)11/h7H,6H2,1-5H3. The first kappa shape index (κ1) is 11.5. The molecule has 3 nitrogen and oxygen atoms in total. The summed E-state index contributed by atoms with van der Waals surface area (Å²) in [4.78, 5) is 0. The molecule has 0 aliphatic heterocycles. The molecule has 0 saturated carbocycles. The average Bonchev–Trinajstić information content (AvgIpc) is 2.33. The Morgan fingerprint density at radius 1 is 1.29 bits per heavy atom. The predicted molar refractivity (Wildman–Crippen MR) is 58.3 cm³/mol. The van der Waals surface area contributed by atoms with Gasteiger partial charge in [-0.05, 0) is 22.4 Å². The number of halogens is 1. The molecule has 0 bridgehead atoms. The molecule has 1 rings (SSSR count). The third-order valence-corrected chi connectivity index (χ3v) is 3.46. The summed E-state index contributed by atoms with van der Waals surface area (Å²) in [5.41, 5.74) is 0.375. The lowest BCUT2D eigenvalue weighted by Gasteiger charge is -2.39. The summed E-state index contributed by atoms with van der Waals surface area (Å²) < 4.78 is 1.88. The lowest BCUT2D eigenvalue weighted by Crippen LogP contribution is -2.33. The van der Waals surface area contributed by atoms with Crippen LogP contribution in [0.15, 0.2) is 6.33 Å². The zero-order valence-corrected chi connectivity index (χ0v) is 10.3. The number of hydrogen-bond acceptors (Lipinski definition) is 2. The van der Waals surface area contributed by atoms with E-state index in [0.717, 1.165) is 6.54 Å². The molecule has 0 radical (unpaired) electrons. The van der Waals surface area contributed by atoms with Crippen LogP contribution in [0.1, 0.15) is 34.6 Å². The smallest absolute Gasteiger partial charge is 0.224 e. The Labute approximate surface area is 90.5 Å². The Bertz CT molecular complexity index is 309. The van der Waals surface area contributed by atoms with Crippen LogP contribution in [-0.4, -0.2) is 14.8 Å². The third-order valence-electron chi connectivity index (χ3n) is 3.16. The highest BCUT2D eigenvalue weighted by molar-refractivity contribution is 6.28.